The van der Waals surface area contributed by atoms with Crippen LogP contribution in [-0.2, 0) is 0 Å². The maximum atomic E-state index is 6.16. The average molecular weight is 375 g/mol. The van der Waals surface area contributed by atoms with Crippen molar-refractivity contribution < 1.29 is 4.74 Å². The van der Waals surface area contributed by atoms with Crippen molar-refractivity contribution in [1.82, 2.24) is 9.97 Å². The van der Waals surface area contributed by atoms with Gasteiger partial charge in [-0.3, -0.25) is 0 Å². The summed E-state index contributed by atoms with van der Waals surface area (Å²) in [6.45, 7) is 1.96. The summed E-state index contributed by atoms with van der Waals surface area (Å²) >= 11 is 12.2. The van der Waals surface area contributed by atoms with Crippen LogP contribution >= 0.6 is 23.2 Å². The molecule has 3 aromatic rings. The van der Waals surface area contributed by atoms with Crippen LogP contribution in [0.4, 0.5) is 23.1 Å². The van der Waals surface area contributed by atoms with Crippen LogP contribution in [-0.4, -0.2) is 17.1 Å². The highest BCUT2D eigenvalue weighted by molar-refractivity contribution is 6.31. The molecule has 2 aromatic carbocycles. The van der Waals surface area contributed by atoms with Gasteiger partial charge in [-0.2, -0.15) is 4.98 Å². The van der Waals surface area contributed by atoms with Crippen molar-refractivity contribution in [2.75, 3.05) is 17.7 Å². The van der Waals surface area contributed by atoms with Gasteiger partial charge >= 0.3 is 0 Å². The highest BCUT2D eigenvalue weighted by Gasteiger charge is 2.07. The topological polar surface area (TPSA) is 59.1 Å². The number of ether oxygens (including phenoxy) is 1. The lowest BCUT2D eigenvalue weighted by Gasteiger charge is -2.12. The Labute approximate surface area is 156 Å². The number of aryl methyl sites for hydroxylation is 1. The van der Waals surface area contributed by atoms with Crippen LogP contribution in [0.25, 0.3) is 0 Å². The first-order valence-electron chi connectivity index (χ1n) is 7.52. The van der Waals surface area contributed by atoms with Gasteiger partial charge in [-0.05, 0) is 48.9 Å². The Hall–Kier alpha value is -2.50. The molecule has 0 aliphatic rings. The van der Waals surface area contributed by atoms with E-state index in [1.54, 1.807) is 37.6 Å². The van der Waals surface area contributed by atoms with E-state index >= 15 is 0 Å². The minimum atomic E-state index is 0.420. The van der Waals surface area contributed by atoms with E-state index in [0.29, 0.717) is 33.2 Å². The van der Waals surface area contributed by atoms with Gasteiger partial charge in [0.1, 0.15) is 11.6 Å². The summed E-state index contributed by atoms with van der Waals surface area (Å²) in [4.78, 5) is 8.67. The second-order valence-electron chi connectivity index (χ2n) is 5.32. The summed E-state index contributed by atoms with van der Waals surface area (Å²) in [5.41, 5.74) is 2.55. The number of hydrogen-bond donors (Lipinski definition) is 2. The maximum absolute atomic E-state index is 6.16. The molecule has 0 radical (unpaired) electrons. The zero-order valence-electron chi connectivity index (χ0n) is 13.7. The van der Waals surface area contributed by atoms with Crippen LogP contribution < -0.4 is 15.4 Å². The molecule has 0 aliphatic carbocycles. The molecule has 0 bridgehead atoms. The Morgan fingerprint density at radius 2 is 1.84 bits per heavy atom. The Kier molecular flexibility index (Phi) is 5.26. The van der Waals surface area contributed by atoms with Crippen molar-refractivity contribution >= 4 is 46.3 Å². The molecule has 3 rings (SSSR count). The Morgan fingerprint density at radius 3 is 2.60 bits per heavy atom. The predicted molar refractivity (Wildman–Crippen MR) is 103 cm³/mol. The molecular weight excluding hydrogens is 359 g/mol. The third-order valence-corrected chi connectivity index (χ3v) is 4.15. The molecule has 0 saturated carbocycles. The summed E-state index contributed by atoms with van der Waals surface area (Å²) in [6.07, 6.45) is 1.66. The van der Waals surface area contributed by atoms with E-state index in [0.717, 1.165) is 11.3 Å². The number of benzene rings is 2. The second kappa shape index (κ2) is 7.59. The van der Waals surface area contributed by atoms with Crippen LogP contribution in [0.15, 0.2) is 48.7 Å². The van der Waals surface area contributed by atoms with Crippen molar-refractivity contribution in [2.24, 2.45) is 0 Å². The fraction of sp³-hybridized carbons (Fsp3) is 0.111. The number of hydrogen-bond acceptors (Lipinski definition) is 5. The van der Waals surface area contributed by atoms with Crippen molar-refractivity contribution in [3.05, 3.63) is 64.3 Å². The molecule has 0 fully saturated rings. The summed E-state index contributed by atoms with van der Waals surface area (Å²) in [5, 5.41) is 7.60. The highest BCUT2D eigenvalue weighted by Crippen LogP contribution is 2.30. The van der Waals surface area contributed by atoms with Gasteiger partial charge < -0.3 is 15.4 Å². The summed E-state index contributed by atoms with van der Waals surface area (Å²) in [6, 6.07) is 12.8. The lowest BCUT2D eigenvalue weighted by atomic mass is 10.2. The molecule has 0 saturated heterocycles. The number of rotatable bonds is 5. The highest BCUT2D eigenvalue weighted by atomic mass is 35.5. The van der Waals surface area contributed by atoms with Crippen molar-refractivity contribution in [1.29, 1.82) is 0 Å². The smallest absolute Gasteiger partial charge is 0.229 e. The number of halogens is 2. The van der Waals surface area contributed by atoms with Crippen molar-refractivity contribution in [3.8, 4) is 5.75 Å². The van der Waals surface area contributed by atoms with Crippen molar-refractivity contribution in [3.63, 3.8) is 0 Å². The van der Waals surface area contributed by atoms with E-state index in [-0.39, 0.29) is 0 Å². The minimum absolute atomic E-state index is 0.420. The van der Waals surface area contributed by atoms with Crippen LogP contribution in [0.1, 0.15) is 5.56 Å². The lowest BCUT2D eigenvalue weighted by Crippen LogP contribution is -2.01. The van der Waals surface area contributed by atoms with Gasteiger partial charge in [0.2, 0.25) is 5.95 Å². The molecule has 0 amide bonds. The van der Waals surface area contributed by atoms with Gasteiger partial charge in [0, 0.05) is 21.9 Å². The first-order chi connectivity index (χ1) is 12.0. The minimum Gasteiger partial charge on any atom is -0.495 e. The fourth-order valence-corrected chi connectivity index (χ4v) is 2.56. The number of nitrogens with zero attached hydrogens (tertiary/aromatic N) is 2. The first-order valence-corrected chi connectivity index (χ1v) is 8.27. The maximum Gasteiger partial charge on any atom is 0.229 e. The number of methoxy groups -OCH3 is 1. The standard InChI is InChI=1S/C18H16Cl2N4O/c1-11-3-5-13(10-14(11)20)22-17-7-8-21-18(24-17)23-15-9-12(19)4-6-16(15)25-2/h3-10H,1-2H3,(H2,21,22,23,24). The second-order valence-corrected chi connectivity index (χ2v) is 6.17. The van der Waals surface area contributed by atoms with E-state index in [9.17, 15) is 0 Å². The Morgan fingerprint density at radius 1 is 1.00 bits per heavy atom. The SMILES string of the molecule is COc1ccc(Cl)cc1Nc1nccc(Nc2ccc(C)c(Cl)c2)n1. The molecule has 25 heavy (non-hydrogen) atoms. The summed E-state index contributed by atoms with van der Waals surface area (Å²) < 4.78 is 5.32. The van der Waals surface area contributed by atoms with Crippen LogP contribution in [0.2, 0.25) is 10.0 Å². The lowest BCUT2D eigenvalue weighted by molar-refractivity contribution is 0.417. The molecule has 7 heteroatoms. The third-order valence-electron chi connectivity index (χ3n) is 3.51. The van der Waals surface area contributed by atoms with Gasteiger partial charge in [-0.1, -0.05) is 29.3 Å². The van der Waals surface area contributed by atoms with Gasteiger partial charge in [0.15, 0.2) is 0 Å². The summed E-state index contributed by atoms with van der Waals surface area (Å²) in [7, 11) is 1.59. The van der Waals surface area contributed by atoms with Crippen LogP contribution in [0.5, 0.6) is 5.75 Å². The number of nitrogens with one attached hydrogen (secondary N) is 2. The molecule has 0 aliphatic heterocycles. The third kappa shape index (κ3) is 4.32. The van der Waals surface area contributed by atoms with Gasteiger partial charge in [0.05, 0.1) is 12.8 Å². The molecule has 1 aromatic heterocycles. The first kappa shape index (κ1) is 17.3. The quantitative estimate of drug-likeness (QED) is 0.609. The Bertz CT molecular complexity index is 902. The molecule has 0 unspecified atom stereocenters. The molecule has 0 atom stereocenters. The van der Waals surface area contributed by atoms with E-state index in [1.807, 2.05) is 25.1 Å². The number of aromatic nitrogens is 2. The van der Waals surface area contributed by atoms with Crippen molar-refractivity contribution in [2.45, 2.75) is 6.92 Å². The fourth-order valence-electron chi connectivity index (χ4n) is 2.21. The van der Waals surface area contributed by atoms with E-state index < -0.39 is 0 Å². The zero-order valence-corrected chi connectivity index (χ0v) is 15.2. The molecule has 128 valence electrons. The molecule has 1 heterocycles. The largest absolute Gasteiger partial charge is 0.495 e. The Balaban J connectivity index is 1.82. The molecular formula is C18H16Cl2N4O. The molecule has 0 spiro atoms. The normalized spacial score (nSPS) is 10.4. The van der Waals surface area contributed by atoms with Gasteiger partial charge in [-0.15, -0.1) is 0 Å². The number of anilines is 4. The van der Waals surface area contributed by atoms with E-state index in [1.165, 1.54) is 0 Å². The summed E-state index contributed by atoms with van der Waals surface area (Å²) in [5.74, 6) is 1.71. The van der Waals surface area contributed by atoms with E-state index in [4.69, 9.17) is 27.9 Å². The van der Waals surface area contributed by atoms with Gasteiger partial charge in [-0.25, -0.2) is 4.98 Å². The molecule has 5 nitrogen and oxygen atoms in total. The molecule has 2 N–H and O–H groups in total. The van der Waals surface area contributed by atoms with Crippen LogP contribution in [0.3, 0.4) is 0 Å². The van der Waals surface area contributed by atoms with E-state index in [2.05, 4.69) is 20.6 Å². The predicted octanol–water partition coefficient (Wildman–Crippen LogP) is 5.59. The van der Waals surface area contributed by atoms with Gasteiger partial charge in [0.25, 0.3) is 0 Å². The average Bonchev–Trinajstić information content (AvgIpc) is 2.59. The monoisotopic (exact) mass is 374 g/mol. The van der Waals surface area contributed by atoms with Crippen LogP contribution in [0, 0.1) is 6.92 Å². The zero-order chi connectivity index (χ0) is 17.8.